The molecule has 1 aliphatic heterocycles. The molecule has 0 N–H and O–H groups in total. The summed E-state index contributed by atoms with van der Waals surface area (Å²) in [5.41, 5.74) is 3.02. The van der Waals surface area contributed by atoms with Crippen LogP contribution in [0.5, 0.6) is 5.75 Å². The molecular formula is C22H22ClN3O3. The quantitative estimate of drug-likeness (QED) is 0.603. The molecule has 1 fully saturated rings. The van der Waals surface area contributed by atoms with Gasteiger partial charge in [-0.1, -0.05) is 28.9 Å². The molecule has 0 saturated carbocycles. The van der Waals surface area contributed by atoms with Gasteiger partial charge in [0.15, 0.2) is 5.82 Å². The zero-order valence-electron chi connectivity index (χ0n) is 16.4. The van der Waals surface area contributed by atoms with Crippen LogP contribution in [0.3, 0.4) is 0 Å². The second-order valence-electron chi connectivity index (χ2n) is 7.23. The smallest absolute Gasteiger partial charge is 0.227 e. The van der Waals surface area contributed by atoms with Gasteiger partial charge < -0.3 is 14.2 Å². The number of halogens is 1. The van der Waals surface area contributed by atoms with Crippen molar-refractivity contribution >= 4 is 23.2 Å². The van der Waals surface area contributed by atoms with Gasteiger partial charge >= 0.3 is 0 Å². The molecule has 1 aliphatic rings. The molecular weight excluding hydrogens is 390 g/mol. The minimum atomic E-state index is -0.0731. The minimum absolute atomic E-state index is 0.0602. The van der Waals surface area contributed by atoms with Gasteiger partial charge in [0.2, 0.25) is 11.8 Å². The molecule has 2 heterocycles. The van der Waals surface area contributed by atoms with Gasteiger partial charge in [0.25, 0.3) is 0 Å². The van der Waals surface area contributed by atoms with Crippen molar-refractivity contribution in [2.24, 2.45) is 0 Å². The number of hydrogen-bond donors (Lipinski definition) is 0. The van der Waals surface area contributed by atoms with Crippen LogP contribution < -0.4 is 9.64 Å². The van der Waals surface area contributed by atoms with E-state index in [1.165, 1.54) is 5.56 Å². The average Bonchev–Trinajstić information content (AvgIpc) is 3.34. The van der Waals surface area contributed by atoms with Gasteiger partial charge in [-0.3, -0.25) is 4.79 Å². The summed E-state index contributed by atoms with van der Waals surface area (Å²) in [6.45, 7) is 2.49. The van der Waals surface area contributed by atoms with Crippen LogP contribution in [0.4, 0.5) is 5.69 Å². The maximum atomic E-state index is 12.6. The Labute approximate surface area is 174 Å². The molecule has 150 valence electrons. The Morgan fingerprint density at radius 2 is 2.00 bits per heavy atom. The first-order valence-corrected chi connectivity index (χ1v) is 9.93. The van der Waals surface area contributed by atoms with E-state index in [0.29, 0.717) is 36.1 Å². The van der Waals surface area contributed by atoms with Gasteiger partial charge in [0.05, 0.1) is 7.11 Å². The number of aryl methyl sites for hydroxylation is 3. The molecule has 7 heteroatoms. The fourth-order valence-corrected chi connectivity index (χ4v) is 3.84. The Kier molecular flexibility index (Phi) is 5.53. The topological polar surface area (TPSA) is 68.5 Å². The summed E-state index contributed by atoms with van der Waals surface area (Å²) in [5, 5.41) is 4.79. The van der Waals surface area contributed by atoms with Gasteiger partial charge in [0, 0.05) is 36.0 Å². The lowest BCUT2D eigenvalue weighted by Crippen LogP contribution is -2.25. The molecule has 4 rings (SSSR count). The number of ether oxygens (including phenoxy) is 1. The van der Waals surface area contributed by atoms with E-state index in [2.05, 4.69) is 10.1 Å². The van der Waals surface area contributed by atoms with E-state index < -0.39 is 0 Å². The Hall–Kier alpha value is -2.86. The van der Waals surface area contributed by atoms with Gasteiger partial charge in [-0.05, 0) is 54.8 Å². The fraction of sp³-hybridized carbons (Fsp3) is 0.318. The zero-order valence-corrected chi connectivity index (χ0v) is 17.1. The zero-order chi connectivity index (χ0) is 20.4. The van der Waals surface area contributed by atoms with Crippen molar-refractivity contribution in [2.75, 3.05) is 18.6 Å². The van der Waals surface area contributed by atoms with Crippen molar-refractivity contribution in [3.8, 4) is 5.75 Å². The maximum absolute atomic E-state index is 12.6. The van der Waals surface area contributed by atoms with Crippen LogP contribution in [-0.2, 0) is 17.6 Å². The number of carbonyl (C=O) groups excluding carboxylic acids is 1. The number of nitrogens with zero attached hydrogens (tertiary/aromatic N) is 3. The number of hydrogen-bond acceptors (Lipinski definition) is 5. The van der Waals surface area contributed by atoms with E-state index >= 15 is 0 Å². The Morgan fingerprint density at radius 3 is 2.72 bits per heavy atom. The fourth-order valence-electron chi connectivity index (χ4n) is 3.61. The SMILES string of the molecule is COc1ccc(CCc2nc(C3CC(=O)N(c4ccc(Cl)cc4C)C3)no2)cc1. The molecule has 6 nitrogen and oxygen atoms in total. The van der Waals surface area contributed by atoms with Crippen LogP contribution in [0.1, 0.15) is 35.2 Å². The van der Waals surface area contributed by atoms with Gasteiger partial charge in [-0.2, -0.15) is 4.98 Å². The molecule has 1 aromatic heterocycles. The van der Waals surface area contributed by atoms with E-state index in [9.17, 15) is 4.79 Å². The van der Waals surface area contributed by atoms with Crippen molar-refractivity contribution in [3.63, 3.8) is 0 Å². The van der Waals surface area contributed by atoms with E-state index in [0.717, 1.165) is 23.4 Å². The van der Waals surface area contributed by atoms with Crippen molar-refractivity contribution < 1.29 is 14.1 Å². The van der Waals surface area contributed by atoms with Gasteiger partial charge in [0.1, 0.15) is 5.75 Å². The second-order valence-corrected chi connectivity index (χ2v) is 7.67. The van der Waals surface area contributed by atoms with E-state index in [-0.39, 0.29) is 11.8 Å². The number of methoxy groups -OCH3 is 1. The van der Waals surface area contributed by atoms with Crippen molar-refractivity contribution in [3.05, 3.63) is 70.3 Å². The van der Waals surface area contributed by atoms with Gasteiger partial charge in [-0.15, -0.1) is 0 Å². The molecule has 1 atom stereocenters. The van der Waals surface area contributed by atoms with Crippen LogP contribution in [0.2, 0.25) is 5.02 Å². The standard InChI is InChI=1S/C22H22ClN3O3/c1-14-11-17(23)6-9-19(14)26-13-16(12-21(26)27)22-24-20(29-25-22)10-5-15-3-7-18(28-2)8-4-15/h3-4,6-9,11,16H,5,10,12-13H2,1-2H3. The highest BCUT2D eigenvalue weighted by Crippen LogP contribution is 2.33. The molecule has 0 bridgehead atoms. The van der Waals surface area contributed by atoms with Crippen molar-refractivity contribution in [2.45, 2.75) is 32.1 Å². The lowest BCUT2D eigenvalue weighted by molar-refractivity contribution is -0.117. The molecule has 0 aliphatic carbocycles. The summed E-state index contributed by atoms with van der Waals surface area (Å²) in [5.74, 6) is 2.00. The molecule has 1 saturated heterocycles. The average molecular weight is 412 g/mol. The summed E-state index contributed by atoms with van der Waals surface area (Å²) in [6, 6.07) is 13.5. The normalized spacial score (nSPS) is 16.4. The van der Waals surface area contributed by atoms with Crippen molar-refractivity contribution in [1.29, 1.82) is 0 Å². The predicted molar refractivity (Wildman–Crippen MR) is 111 cm³/mol. The highest BCUT2D eigenvalue weighted by Gasteiger charge is 2.35. The molecule has 1 amide bonds. The Balaban J connectivity index is 1.40. The Morgan fingerprint density at radius 1 is 1.21 bits per heavy atom. The maximum Gasteiger partial charge on any atom is 0.227 e. The monoisotopic (exact) mass is 411 g/mol. The first-order valence-electron chi connectivity index (χ1n) is 9.55. The largest absolute Gasteiger partial charge is 0.497 e. The number of rotatable bonds is 6. The van der Waals surface area contributed by atoms with Crippen LogP contribution in [0.15, 0.2) is 47.0 Å². The van der Waals surface area contributed by atoms with Crippen LogP contribution >= 0.6 is 11.6 Å². The molecule has 0 spiro atoms. The number of aromatic nitrogens is 2. The second kappa shape index (κ2) is 8.25. The van der Waals surface area contributed by atoms with Crippen LogP contribution in [-0.4, -0.2) is 29.7 Å². The van der Waals surface area contributed by atoms with E-state index in [1.54, 1.807) is 18.1 Å². The number of carbonyl (C=O) groups is 1. The first kappa shape index (κ1) is 19.5. The summed E-state index contributed by atoms with van der Waals surface area (Å²) < 4.78 is 10.6. The third-order valence-corrected chi connectivity index (χ3v) is 5.45. The number of benzene rings is 2. The molecule has 1 unspecified atom stereocenters. The number of anilines is 1. The van der Waals surface area contributed by atoms with Gasteiger partial charge in [-0.25, -0.2) is 0 Å². The van der Waals surface area contributed by atoms with Crippen LogP contribution in [0.25, 0.3) is 0 Å². The third-order valence-electron chi connectivity index (χ3n) is 5.21. The molecule has 3 aromatic rings. The predicted octanol–water partition coefficient (Wildman–Crippen LogP) is 4.35. The summed E-state index contributed by atoms with van der Waals surface area (Å²) >= 11 is 6.03. The molecule has 29 heavy (non-hydrogen) atoms. The third kappa shape index (κ3) is 4.27. The van der Waals surface area contributed by atoms with Crippen LogP contribution in [0, 0.1) is 6.92 Å². The Bertz CT molecular complexity index is 1020. The highest BCUT2D eigenvalue weighted by molar-refractivity contribution is 6.30. The highest BCUT2D eigenvalue weighted by atomic mass is 35.5. The van der Waals surface area contributed by atoms with E-state index in [1.807, 2.05) is 43.3 Å². The summed E-state index contributed by atoms with van der Waals surface area (Å²) in [7, 11) is 1.65. The van der Waals surface area contributed by atoms with E-state index in [4.69, 9.17) is 20.9 Å². The lowest BCUT2D eigenvalue weighted by Gasteiger charge is -2.18. The molecule has 2 aromatic carbocycles. The number of amides is 1. The summed E-state index contributed by atoms with van der Waals surface area (Å²) in [4.78, 5) is 18.9. The summed E-state index contributed by atoms with van der Waals surface area (Å²) in [6.07, 6.45) is 1.82. The van der Waals surface area contributed by atoms with Crippen molar-refractivity contribution in [1.82, 2.24) is 10.1 Å². The lowest BCUT2D eigenvalue weighted by atomic mass is 10.1. The minimum Gasteiger partial charge on any atom is -0.497 e. The molecule has 0 radical (unpaired) electrons. The first-order chi connectivity index (χ1) is 14.0.